The molecule has 27 heavy (non-hydrogen) atoms. The molecule has 0 bridgehead atoms. The highest BCUT2D eigenvalue weighted by Crippen LogP contribution is 2.28. The lowest BCUT2D eigenvalue weighted by molar-refractivity contribution is -0.387. The molecule has 0 aliphatic heterocycles. The fourth-order valence-electron chi connectivity index (χ4n) is 2.36. The van der Waals surface area contributed by atoms with E-state index in [4.69, 9.17) is 0 Å². The van der Waals surface area contributed by atoms with E-state index in [2.05, 4.69) is 10.6 Å². The Labute approximate surface area is 161 Å². The van der Waals surface area contributed by atoms with Crippen molar-refractivity contribution in [3.05, 3.63) is 63.7 Å². The fourth-order valence-corrected chi connectivity index (χ4v) is 2.91. The first-order valence-electron chi connectivity index (χ1n) is 8.41. The number of rotatable bonds is 7. The van der Waals surface area contributed by atoms with Gasteiger partial charge in [0.2, 0.25) is 0 Å². The van der Waals surface area contributed by atoms with Gasteiger partial charge in [-0.05, 0) is 43.9 Å². The number of nitrogens with one attached hydrogen (secondary N) is 2. The summed E-state index contributed by atoms with van der Waals surface area (Å²) in [4.78, 5) is 36.1. The predicted molar refractivity (Wildman–Crippen MR) is 106 cm³/mol. The Morgan fingerprint density at radius 1 is 1.19 bits per heavy atom. The minimum Gasteiger partial charge on any atom is -0.350 e. The summed E-state index contributed by atoms with van der Waals surface area (Å²) in [6, 6.07) is 11.0. The van der Waals surface area contributed by atoms with Crippen LogP contribution < -0.4 is 10.6 Å². The second-order valence-electron chi connectivity index (χ2n) is 5.93. The zero-order chi connectivity index (χ0) is 20.0. The van der Waals surface area contributed by atoms with E-state index in [1.807, 2.05) is 13.8 Å². The van der Waals surface area contributed by atoms with Crippen molar-refractivity contribution in [1.82, 2.24) is 5.32 Å². The van der Waals surface area contributed by atoms with E-state index in [-0.39, 0.29) is 23.2 Å². The number of amides is 2. The monoisotopic (exact) mass is 387 g/mol. The molecule has 0 saturated carbocycles. The SMILES string of the molecule is CCC(C)NC(=O)c1ccccc1NC(=O)c1ccc(SC)c([N+](=O)[O-])c1. The van der Waals surface area contributed by atoms with Gasteiger partial charge in [-0.2, -0.15) is 0 Å². The van der Waals surface area contributed by atoms with Gasteiger partial charge >= 0.3 is 0 Å². The van der Waals surface area contributed by atoms with Gasteiger partial charge in [-0.25, -0.2) is 0 Å². The molecule has 1 atom stereocenters. The highest BCUT2D eigenvalue weighted by Gasteiger charge is 2.19. The fraction of sp³-hybridized carbons (Fsp3) is 0.263. The number of anilines is 1. The van der Waals surface area contributed by atoms with Crippen molar-refractivity contribution in [2.24, 2.45) is 0 Å². The molecule has 2 N–H and O–H groups in total. The Morgan fingerprint density at radius 2 is 1.89 bits per heavy atom. The van der Waals surface area contributed by atoms with Gasteiger partial charge in [-0.15, -0.1) is 11.8 Å². The summed E-state index contributed by atoms with van der Waals surface area (Å²) in [5, 5.41) is 16.7. The van der Waals surface area contributed by atoms with Crippen molar-refractivity contribution in [3.8, 4) is 0 Å². The number of para-hydroxylation sites is 1. The van der Waals surface area contributed by atoms with E-state index in [0.717, 1.165) is 6.42 Å². The molecule has 8 heteroatoms. The number of benzene rings is 2. The minimum atomic E-state index is -0.519. The van der Waals surface area contributed by atoms with Gasteiger partial charge < -0.3 is 10.6 Å². The third-order valence-electron chi connectivity index (χ3n) is 4.05. The number of hydrogen-bond donors (Lipinski definition) is 2. The molecule has 0 aromatic heterocycles. The van der Waals surface area contributed by atoms with Crippen LogP contribution >= 0.6 is 11.8 Å². The Balaban J connectivity index is 2.28. The van der Waals surface area contributed by atoms with Crippen molar-refractivity contribution in [2.45, 2.75) is 31.2 Å². The average Bonchev–Trinajstić information content (AvgIpc) is 2.67. The number of nitro benzene ring substituents is 1. The molecule has 2 aromatic carbocycles. The van der Waals surface area contributed by atoms with Crippen LogP contribution in [0.4, 0.5) is 11.4 Å². The van der Waals surface area contributed by atoms with Gasteiger partial charge in [-0.1, -0.05) is 19.1 Å². The van der Waals surface area contributed by atoms with Crippen LogP contribution in [0.25, 0.3) is 0 Å². The summed E-state index contributed by atoms with van der Waals surface area (Å²) < 4.78 is 0. The van der Waals surface area contributed by atoms with Gasteiger partial charge in [0.05, 0.1) is 21.1 Å². The van der Waals surface area contributed by atoms with Crippen molar-refractivity contribution >= 4 is 35.0 Å². The quantitative estimate of drug-likeness (QED) is 0.423. The van der Waals surface area contributed by atoms with Crippen LogP contribution in [0.2, 0.25) is 0 Å². The van der Waals surface area contributed by atoms with Gasteiger partial charge in [-0.3, -0.25) is 19.7 Å². The van der Waals surface area contributed by atoms with Gasteiger partial charge in [0.25, 0.3) is 17.5 Å². The van der Waals surface area contributed by atoms with Crippen LogP contribution in [0.3, 0.4) is 0 Å². The Bertz CT molecular complexity index is 870. The Morgan fingerprint density at radius 3 is 2.52 bits per heavy atom. The van der Waals surface area contributed by atoms with Crippen LogP contribution in [0.5, 0.6) is 0 Å². The molecule has 0 fully saturated rings. The van der Waals surface area contributed by atoms with Crippen LogP contribution in [0.1, 0.15) is 41.0 Å². The summed E-state index contributed by atoms with van der Waals surface area (Å²) >= 11 is 1.24. The maximum absolute atomic E-state index is 12.6. The molecule has 142 valence electrons. The summed E-state index contributed by atoms with van der Waals surface area (Å²) in [5.74, 6) is -0.807. The second kappa shape index (κ2) is 9.18. The molecule has 0 aliphatic carbocycles. The Kier molecular flexibility index (Phi) is 6.95. The average molecular weight is 387 g/mol. The molecule has 0 heterocycles. The zero-order valence-corrected chi connectivity index (χ0v) is 16.1. The second-order valence-corrected chi connectivity index (χ2v) is 6.77. The largest absolute Gasteiger partial charge is 0.350 e. The summed E-state index contributed by atoms with van der Waals surface area (Å²) in [5.41, 5.74) is 0.705. The molecule has 2 rings (SSSR count). The van der Waals surface area contributed by atoms with Gasteiger partial charge in [0.1, 0.15) is 0 Å². The maximum Gasteiger partial charge on any atom is 0.283 e. The van der Waals surface area contributed by atoms with Crippen LogP contribution in [-0.2, 0) is 0 Å². The molecule has 0 spiro atoms. The number of hydrogen-bond acceptors (Lipinski definition) is 5. The number of nitrogens with zero attached hydrogens (tertiary/aromatic N) is 1. The molecule has 0 aliphatic rings. The van der Waals surface area contributed by atoms with Crippen LogP contribution in [0.15, 0.2) is 47.4 Å². The maximum atomic E-state index is 12.6. The normalized spacial score (nSPS) is 11.5. The minimum absolute atomic E-state index is 0.00277. The van der Waals surface area contributed by atoms with E-state index in [0.29, 0.717) is 16.1 Å². The van der Waals surface area contributed by atoms with Crippen molar-refractivity contribution in [3.63, 3.8) is 0 Å². The third kappa shape index (κ3) is 5.07. The lowest BCUT2D eigenvalue weighted by Crippen LogP contribution is -2.32. The van der Waals surface area contributed by atoms with E-state index < -0.39 is 10.8 Å². The molecule has 0 saturated heterocycles. The first kappa shape index (κ1) is 20.4. The van der Waals surface area contributed by atoms with Crippen LogP contribution in [0, 0.1) is 10.1 Å². The molecular formula is C19H21N3O4S. The lowest BCUT2D eigenvalue weighted by atomic mass is 10.1. The Hall–Kier alpha value is -2.87. The first-order chi connectivity index (χ1) is 12.9. The zero-order valence-electron chi connectivity index (χ0n) is 15.3. The molecule has 2 aromatic rings. The molecule has 0 radical (unpaired) electrons. The smallest absolute Gasteiger partial charge is 0.283 e. The predicted octanol–water partition coefficient (Wildman–Crippen LogP) is 4.10. The number of carbonyl (C=O) groups excluding carboxylic acids is 2. The highest BCUT2D eigenvalue weighted by atomic mass is 32.2. The number of thioether (sulfide) groups is 1. The summed E-state index contributed by atoms with van der Waals surface area (Å²) in [6.45, 7) is 3.86. The third-order valence-corrected chi connectivity index (χ3v) is 4.83. The highest BCUT2D eigenvalue weighted by molar-refractivity contribution is 7.98. The van der Waals surface area contributed by atoms with Gasteiger partial charge in [0, 0.05) is 17.7 Å². The van der Waals surface area contributed by atoms with Crippen LogP contribution in [-0.4, -0.2) is 29.0 Å². The summed E-state index contributed by atoms with van der Waals surface area (Å²) in [7, 11) is 0. The number of nitro groups is 1. The first-order valence-corrected chi connectivity index (χ1v) is 9.63. The van der Waals surface area contributed by atoms with E-state index in [1.54, 1.807) is 36.6 Å². The summed E-state index contributed by atoms with van der Waals surface area (Å²) in [6.07, 6.45) is 2.51. The molecule has 7 nitrogen and oxygen atoms in total. The number of carbonyl (C=O) groups is 2. The van der Waals surface area contributed by atoms with Crippen molar-refractivity contribution in [1.29, 1.82) is 0 Å². The lowest BCUT2D eigenvalue weighted by Gasteiger charge is -2.14. The van der Waals surface area contributed by atoms with Crippen molar-refractivity contribution in [2.75, 3.05) is 11.6 Å². The van der Waals surface area contributed by atoms with Gasteiger partial charge in [0.15, 0.2) is 0 Å². The molecular weight excluding hydrogens is 366 g/mol. The van der Waals surface area contributed by atoms with Crippen molar-refractivity contribution < 1.29 is 14.5 Å². The molecule has 2 amide bonds. The van der Waals surface area contributed by atoms with E-state index in [1.165, 1.54) is 23.9 Å². The molecule has 1 unspecified atom stereocenters. The van der Waals surface area contributed by atoms with E-state index in [9.17, 15) is 19.7 Å². The standard InChI is InChI=1S/C19H21N3O4S/c1-4-12(2)20-19(24)14-7-5-6-8-15(14)21-18(23)13-9-10-17(27-3)16(11-13)22(25)26/h5-12H,4H2,1-3H3,(H,20,24)(H,21,23). The van der Waals surface area contributed by atoms with E-state index >= 15 is 0 Å². The topological polar surface area (TPSA) is 101 Å².